The molecule has 0 spiro atoms. The van der Waals surface area contributed by atoms with Crippen molar-refractivity contribution in [1.29, 1.82) is 0 Å². The summed E-state index contributed by atoms with van der Waals surface area (Å²) in [6, 6.07) is 0. The van der Waals surface area contributed by atoms with Crippen molar-refractivity contribution in [2.75, 3.05) is 14.2 Å². The van der Waals surface area contributed by atoms with Gasteiger partial charge in [-0.25, -0.2) is 9.78 Å². The molecule has 100 valence electrons. The molecule has 1 rings (SSSR count). The summed E-state index contributed by atoms with van der Waals surface area (Å²) in [6.45, 7) is 1.38. The molecule has 0 aromatic carbocycles. The van der Waals surface area contributed by atoms with Crippen LogP contribution in [-0.2, 0) is 4.74 Å². The first-order chi connectivity index (χ1) is 8.30. The van der Waals surface area contributed by atoms with Gasteiger partial charge in [-0.1, -0.05) is 0 Å². The summed E-state index contributed by atoms with van der Waals surface area (Å²) in [5, 5.41) is 0. The van der Waals surface area contributed by atoms with E-state index in [4.69, 9.17) is 4.74 Å². The minimum absolute atomic E-state index is 0.0184. The van der Waals surface area contributed by atoms with Crippen LogP contribution in [0, 0.1) is 6.92 Å². The largest absolute Gasteiger partial charge is 0.573 e. The number of methoxy groups -OCH3 is 2. The van der Waals surface area contributed by atoms with Crippen molar-refractivity contribution >= 4 is 5.97 Å². The Morgan fingerprint density at radius 2 is 1.94 bits per heavy atom. The molecule has 0 fully saturated rings. The lowest BCUT2D eigenvalue weighted by molar-refractivity contribution is -0.274. The van der Waals surface area contributed by atoms with Gasteiger partial charge in [-0.3, -0.25) is 0 Å². The molecule has 0 aliphatic heterocycles. The van der Waals surface area contributed by atoms with Gasteiger partial charge in [0.05, 0.1) is 20.4 Å². The van der Waals surface area contributed by atoms with Crippen LogP contribution in [0.2, 0.25) is 0 Å². The Morgan fingerprint density at radius 1 is 1.33 bits per heavy atom. The van der Waals surface area contributed by atoms with Gasteiger partial charge < -0.3 is 14.2 Å². The number of aromatic nitrogens is 1. The molecular weight excluding hydrogens is 255 g/mol. The van der Waals surface area contributed by atoms with Crippen LogP contribution in [0.3, 0.4) is 0 Å². The fourth-order valence-corrected chi connectivity index (χ4v) is 1.33. The summed E-state index contributed by atoms with van der Waals surface area (Å²) in [5.41, 5.74) is -0.271. The summed E-state index contributed by atoms with van der Waals surface area (Å²) in [5.74, 6) is -1.68. The molecule has 5 nitrogen and oxygen atoms in total. The lowest BCUT2D eigenvalue weighted by atomic mass is 10.1. The monoisotopic (exact) mass is 265 g/mol. The third-order valence-electron chi connectivity index (χ3n) is 2.05. The zero-order valence-corrected chi connectivity index (χ0v) is 9.79. The van der Waals surface area contributed by atoms with Gasteiger partial charge in [0.2, 0.25) is 5.88 Å². The average molecular weight is 265 g/mol. The highest BCUT2D eigenvalue weighted by Gasteiger charge is 2.34. The first-order valence-electron chi connectivity index (χ1n) is 4.67. The van der Waals surface area contributed by atoms with Crippen LogP contribution in [-0.4, -0.2) is 31.5 Å². The third kappa shape index (κ3) is 3.02. The maximum Gasteiger partial charge on any atom is 0.573 e. The van der Waals surface area contributed by atoms with Gasteiger partial charge in [-0.2, -0.15) is 0 Å². The summed E-state index contributed by atoms with van der Waals surface area (Å²) in [6.07, 6.45) is -4.17. The number of nitrogens with zero attached hydrogens (tertiary/aromatic N) is 1. The molecule has 0 saturated heterocycles. The normalized spacial score (nSPS) is 11.0. The number of carbonyl (C=O) groups excluding carboxylic acids is 1. The van der Waals surface area contributed by atoms with Gasteiger partial charge in [0.25, 0.3) is 0 Å². The third-order valence-corrected chi connectivity index (χ3v) is 2.05. The Bertz CT molecular complexity index is 459. The van der Waals surface area contributed by atoms with Crippen LogP contribution < -0.4 is 9.47 Å². The second-order valence-electron chi connectivity index (χ2n) is 3.17. The van der Waals surface area contributed by atoms with Crippen LogP contribution in [0.4, 0.5) is 13.2 Å². The smallest absolute Gasteiger partial charge is 0.481 e. The molecule has 0 saturated carbocycles. The molecule has 0 radical (unpaired) electrons. The molecule has 1 heterocycles. The molecule has 0 atom stereocenters. The molecule has 18 heavy (non-hydrogen) atoms. The van der Waals surface area contributed by atoms with Crippen molar-refractivity contribution in [3.63, 3.8) is 0 Å². The van der Waals surface area contributed by atoms with Gasteiger partial charge in [0, 0.05) is 5.56 Å². The van der Waals surface area contributed by atoms with E-state index in [1.165, 1.54) is 14.0 Å². The van der Waals surface area contributed by atoms with Crippen LogP contribution in [0.25, 0.3) is 0 Å². The van der Waals surface area contributed by atoms with E-state index in [1.54, 1.807) is 0 Å². The molecule has 8 heteroatoms. The summed E-state index contributed by atoms with van der Waals surface area (Å²) in [4.78, 5) is 15.1. The van der Waals surface area contributed by atoms with Crippen molar-refractivity contribution < 1.29 is 32.2 Å². The number of hydrogen-bond acceptors (Lipinski definition) is 5. The van der Waals surface area contributed by atoms with Crippen LogP contribution in [0.15, 0.2) is 6.20 Å². The van der Waals surface area contributed by atoms with E-state index >= 15 is 0 Å². The lowest BCUT2D eigenvalue weighted by Gasteiger charge is -2.14. The Hall–Kier alpha value is -1.99. The van der Waals surface area contributed by atoms with Crippen molar-refractivity contribution in [2.45, 2.75) is 13.3 Å². The first-order valence-corrected chi connectivity index (χ1v) is 4.67. The highest BCUT2D eigenvalue weighted by molar-refractivity contribution is 5.94. The quantitative estimate of drug-likeness (QED) is 0.783. The lowest BCUT2D eigenvalue weighted by Crippen LogP contribution is -2.20. The van der Waals surface area contributed by atoms with E-state index in [0.717, 1.165) is 13.3 Å². The maximum absolute atomic E-state index is 12.2. The van der Waals surface area contributed by atoms with Crippen molar-refractivity contribution in [3.05, 3.63) is 17.3 Å². The van der Waals surface area contributed by atoms with Crippen molar-refractivity contribution in [3.8, 4) is 11.6 Å². The topological polar surface area (TPSA) is 57.7 Å². The summed E-state index contributed by atoms with van der Waals surface area (Å²) in [7, 11) is 2.33. The van der Waals surface area contributed by atoms with Gasteiger partial charge in [0.15, 0.2) is 5.75 Å². The average Bonchev–Trinajstić information content (AvgIpc) is 2.26. The zero-order valence-electron chi connectivity index (χ0n) is 9.79. The van der Waals surface area contributed by atoms with E-state index < -0.39 is 18.1 Å². The summed E-state index contributed by atoms with van der Waals surface area (Å²) >= 11 is 0. The van der Waals surface area contributed by atoms with Gasteiger partial charge >= 0.3 is 12.3 Å². The Labute approximate surface area is 100 Å². The number of rotatable bonds is 3. The number of carbonyl (C=O) groups is 1. The van der Waals surface area contributed by atoms with E-state index in [0.29, 0.717) is 0 Å². The fourth-order valence-electron chi connectivity index (χ4n) is 1.33. The zero-order chi connectivity index (χ0) is 13.9. The first kappa shape index (κ1) is 14.1. The highest BCUT2D eigenvalue weighted by atomic mass is 19.4. The molecule has 0 aliphatic carbocycles. The maximum atomic E-state index is 12.2. The fraction of sp³-hybridized carbons (Fsp3) is 0.400. The second kappa shape index (κ2) is 5.11. The van der Waals surface area contributed by atoms with E-state index in [9.17, 15) is 18.0 Å². The predicted molar refractivity (Wildman–Crippen MR) is 53.5 cm³/mol. The SMILES string of the molecule is COC(=O)c1c(OC(F)(F)F)cnc(OC)c1C. The minimum Gasteiger partial charge on any atom is -0.481 e. The molecule has 0 N–H and O–H groups in total. The number of ether oxygens (including phenoxy) is 3. The Kier molecular flexibility index (Phi) is 4.00. The molecule has 1 aromatic heterocycles. The predicted octanol–water partition coefficient (Wildman–Crippen LogP) is 2.08. The molecule has 0 bridgehead atoms. The van der Waals surface area contributed by atoms with Crippen molar-refractivity contribution in [2.24, 2.45) is 0 Å². The van der Waals surface area contributed by atoms with Crippen LogP contribution in [0.1, 0.15) is 15.9 Å². The van der Waals surface area contributed by atoms with E-state index in [-0.39, 0.29) is 17.0 Å². The number of halogens is 3. The van der Waals surface area contributed by atoms with Crippen LogP contribution in [0.5, 0.6) is 11.6 Å². The Morgan fingerprint density at radius 3 is 2.39 bits per heavy atom. The van der Waals surface area contributed by atoms with Gasteiger partial charge in [-0.15, -0.1) is 13.2 Å². The number of esters is 1. The Balaban J connectivity index is 3.34. The van der Waals surface area contributed by atoms with Crippen molar-refractivity contribution in [1.82, 2.24) is 4.98 Å². The highest BCUT2D eigenvalue weighted by Crippen LogP contribution is 2.31. The van der Waals surface area contributed by atoms with Gasteiger partial charge in [-0.05, 0) is 6.92 Å². The second-order valence-corrected chi connectivity index (χ2v) is 3.17. The molecule has 0 aliphatic rings. The molecule has 1 aromatic rings. The van der Waals surface area contributed by atoms with Crippen LogP contribution >= 0.6 is 0 Å². The standard InChI is InChI=1S/C10H10F3NO4/c1-5-7(9(15)17-3)6(18-10(11,12)13)4-14-8(5)16-2/h4H,1-3H3. The molecular formula is C10H10F3NO4. The molecule has 0 unspecified atom stereocenters. The number of alkyl halides is 3. The minimum atomic E-state index is -4.93. The van der Waals surface area contributed by atoms with E-state index in [1.807, 2.05) is 0 Å². The van der Waals surface area contributed by atoms with Gasteiger partial charge in [0.1, 0.15) is 5.56 Å². The number of pyridine rings is 1. The van der Waals surface area contributed by atoms with E-state index in [2.05, 4.69) is 14.5 Å². The summed E-state index contributed by atoms with van der Waals surface area (Å²) < 4.78 is 49.4. The molecule has 0 amide bonds. The number of hydrogen-bond donors (Lipinski definition) is 0.